The summed E-state index contributed by atoms with van der Waals surface area (Å²) in [6.07, 6.45) is 3.01. The number of hydrogen-bond acceptors (Lipinski definition) is 2. The highest BCUT2D eigenvalue weighted by Gasteiger charge is 2.09. The van der Waals surface area contributed by atoms with Crippen LogP contribution >= 0.6 is 15.9 Å². The van der Waals surface area contributed by atoms with Gasteiger partial charge in [-0.2, -0.15) is 0 Å². The van der Waals surface area contributed by atoms with E-state index in [1.54, 1.807) is 6.07 Å². The Labute approximate surface area is 114 Å². The van der Waals surface area contributed by atoms with Gasteiger partial charge in [-0.05, 0) is 31.2 Å². The summed E-state index contributed by atoms with van der Waals surface area (Å²) in [5.74, 6) is -0.676. The molecule has 1 aliphatic heterocycles. The fraction of sp³-hybridized carbons (Fsp3) is 0.308. The average molecular weight is 313 g/mol. The van der Waals surface area contributed by atoms with Gasteiger partial charge in [0.05, 0.1) is 0 Å². The first-order valence-corrected chi connectivity index (χ1v) is 6.57. The van der Waals surface area contributed by atoms with Crippen LogP contribution in [-0.4, -0.2) is 25.5 Å². The molecule has 18 heavy (non-hydrogen) atoms. The van der Waals surface area contributed by atoms with Gasteiger partial charge in [-0.15, -0.1) is 0 Å². The Morgan fingerprint density at radius 3 is 2.94 bits per heavy atom. The molecule has 0 aromatic heterocycles. The molecule has 0 aliphatic carbocycles. The van der Waals surface area contributed by atoms with E-state index < -0.39 is 5.82 Å². The fourth-order valence-corrected chi connectivity index (χ4v) is 2.28. The maximum Gasteiger partial charge on any atom is 0.251 e. The summed E-state index contributed by atoms with van der Waals surface area (Å²) in [6.45, 7) is 2.30. The van der Waals surface area contributed by atoms with Crippen LogP contribution in [0.15, 0.2) is 34.3 Å². The van der Waals surface area contributed by atoms with Crippen LogP contribution in [0.1, 0.15) is 16.8 Å². The monoisotopic (exact) mass is 312 g/mol. The van der Waals surface area contributed by atoms with Crippen LogP contribution < -0.4 is 10.6 Å². The van der Waals surface area contributed by atoms with E-state index in [9.17, 15) is 9.18 Å². The Bertz CT molecular complexity index is 468. The van der Waals surface area contributed by atoms with Gasteiger partial charge in [0.25, 0.3) is 5.91 Å². The number of carbonyl (C=O) groups is 1. The molecule has 2 N–H and O–H groups in total. The lowest BCUT2D eigenvalue weighted by Crippen LogP contribution is -2.29. The Kier molecular flexibility index (Phi) is 4.49. The molecule has 2 rings (SSSR count). The van der Waals surface area contributed by atoms with Gasteiger partial charge in [-0.25, -0.2) is 4.39 Å². The highest BCUT2D eigenvalue weighted by atomic mass is 79.9. The number of halogens is 2. The van der Waals surface area contributed by atoms with Crippen LogP contribution in [0.5, 0.6) is 0 Å². The van der Waals surface area contributed by atoms with Crippen LogP contribution in [0.3, 0.4) is 0 Å². The SMILES string of the molecule is O=C(NCC1=CCNCC1)c1cc(F)cc(Br)c1. The third kappa shape index (κ3) is 3.65. The summed E-state index contributed by atoms with van der Waals surface area (Å²) in [5.41, 5.74) is 1.54. The van der Waals surface area contributed by atoms with E-state index in [-0.39, 0.29) is 5.91 Å². The molecule has 0 spiro atoms. The number of rotatable bonds is 3. The first-order chi connectivity index (χ1) is 8.65. The second-order valence-corrected chi connectivity index (χ2v) is 5.07. The summed E-state index contributed by atoms with van der Waals surface area (Å²) in [7, 11) is 0. The Hall–Kier alpha value is -1.20. The lowest BCUT2D eigenvalue weighted by atomic mass is 10.1. The zero-order valence-electron chi connectivity index (χ0n) is 9.80. The Morgan fingerprint density at radius 1 is 1.44 bits per heavy atom. The summed E-state index contributed by atoms with van der Waals surface area (Å²) >= 11 is 3.17. The van der Waals surface area contributed by atoms with Crippen molar-refractivity contribution < 1.29 is 9.18 Å². The largest absolute Gasteiger partial charge is 0.348 e. The smallest absolute Gasteiger partial charge is 0.251 e. The molecule has 0 radical (unpaired) electrons. The minimum atomic E-state index is -0.421. The molecule has 0 saturated heterocycles. The maximum atomic E-state index is 13.2. The van der Waals surface area contributed by atoms with Crippen molar-refractivity contribution in [2.24, 2.45) is 0 Å². The van der Waals surface area contributed by atoms with E-state index in [0.717, 1.165) is 19.5 Å². The van der Waals surface area contributed by atoms with Crippen LogP contribution in [0.4, 0.5) is 4.39 Å². The molecule has 1 heterocycles. The first-order valence-electron chi connectivity index (χ1n) is 5.78. The fourth-order valence-electron chi connectivity index (χ4n) is 1.81. The molecule has 0 fully saturated rings. The van der Waals surface area contributed by atoms with Gasteiger partial charge < -0.3 is 10.6 Å². The molecule has 0 saturated carbocycles. The predicted octanol–water partition coefficient (Wildman–Crippen LogP) is 2.24. The van der Waals surface area contributed by atoms with Gasteiger partial charge in [-0.1, -0.05) is 27.6 Å². The van der Waals surface area contributed by atoms with Crippen LogP contribution in [0, 0.1) is 5.82 Å². The summed E-state index contributed by atoms with van der Waals surface area (Å²) < 4.78 is 13.7. The van der Waals surface area contributed by atoms with Crippen molar-refractivity contribution in [2.75, 3.05) is 19.6 Å². The van der Waals surface area contributed by atoms with Crippen LogP contribution in [0.2, 0.25) is 0 Å². The number of hydrogen-bond donors (Lipinski definition) is 2. The van der Waals surface area contributed by atoms with E-state index in [1.165, 1.54) is 17.7 Å². The van der Waals surface area contributed by atoms with Crippen molar-refractivity contribution in [2.45, 2.75) is 6.42 Å². The van der Waals surface area contributed by atoms with Crippen molar-refractivity contribution in [3.8, 4) is 0 Å². The van der Waals surface area contributed by atoms with Gasteiger partial charge in [-0.3, -0.25) is 4.79 Å². The molecule has 1 aliphatic rings. The van der Waals surface area contributed by atoms with Crippen molar-refractivity contribution >= 4 is 21.8 Å². The molecule has 0 unspecified atom stereocenters. The predicted molar refractivity (Wildman–Crippen MR) is 72.0 cm³/mol. The molecular weight excluding hydrogens is 299 g/mol. The van der Waals surface area contributed by atoms with Gasteiger partial charge in [0.2, 0.25) is 0 Å². The van der Waals surface area contributed by atoms with Gasteiger partial charge in [0.15, 0.2) is 0 Å². The number of benzene rings is 1. The number of amides is 1. The van der Waals surface area contributed by atoms with E-state index in [4.69, 9.17) is 0 Å². The summed E-state index contributed by atoms with van der Waals surface area (Å²) in [6, 6.07) is 4.16. The average Bonchev–Trinajstić information content (AvgIpc) is 2.36. The molecule has 96 valence electrons. The van der Waals surface area contributed by atoms with Crippen molar-refractivity contribution in [3.05, 3.63) is 45.7 Å². The molecule has 3 nitrogen and oxygen atoms in total. The molecule has 0 bridgehead atoms. The van der Waals surface area contributed by atoms with Crippen molar-refractivity contribution in [1.82, 2.24) is 10.6 Å². The third-order valence-corrected chi connectivity index (χ3v) is 3.22. The number of carbonyl (C=O) groups excluding carboxylic acids is 1. The van der Waals surface area contributed by atoms with Gasteiger partial charge in [0.1, 0.15) is 5.82 Å². The standard InChI is InChI=1S/C13H14BrFN2O/c14-11-5-10(6-12(15)7-11)13(18)17-8-9-1-3-16-4-2-9/h1,5-7,16H,2-4,8H2,(H,17,18). The second kappa shape index (κ2) is 6.11. The molecular formula is C13H14BrFN2O. The van der Waals surface area contributed by atoms with Crippen molar-refractivity contribution in [1.29, 1.82) is 0 Å². The van der Waals surface area contributed by atoms with Crippen LogP contribution in [0.25, 0.3) is 0 Å². The Balaban J connectivity index is 1.97. The zero-order valence-corrected chi connectivity index (χ0v) is 11.4. The lowest BCUT2D eigenvalue weighted by molar-refractivity contribution is 0.0956. The molecule has 5 heteroatoms. The van der Waals surface area contributed by atoms with Crippen LogP contribution in [-0.2, 0) is 0 Å². The molecule has 1 aromatic carbocycles. The minimum absolute atomic E-state index is 0.255. The highest BCUT2D eigenvalue weighted by molar-refractivity contribution is 9.10. The minimum Gasteiger partial charge on any atom is -0.348 e. The quantitative estimate of drug-likeness (QED) is 0.840. The molecule has 1 amide bonds. The van der Waals surface area contributed by atoms with E-state index in [1.807, 2.05) is 0 Å². The van der Waals surface area contributed by atoms with E-state index in [2.05, 4.69) is 32.6 Å². The second-order valence-electron chi connectivity index (χ2n) is 4.16. The van der Waals surface area contributed by atoms with Gasteiger partial charge >= 0.3 is 0 Å². The normalized spacial score (nSPS) is 15.1. The maximum absolute atomic E-state index is 13.2. The van der Waals surface area contributed by atoms with Crippen molar-refractivity contribution in [3.63, 3.8) is 0 Å². The summed E-state index contributed by atoms with van der Waals surface area (Å²) in [4.78, 5) is 11.9. The molecule has 0 atom stereocenters. The topological polar surface area (TPSA) is 41.1 Å². The Morgan fingerprint density at radius 2 is 2.28 bits per heavy atom. The third-order valence-electron chi connectivity index (χ3n) is 2.76. The van der Waals surface area contributed by atoms with E-state index >= 15 is 0 Å². The first kappa shape index (κ1) is 13.2. The summed E-state index contributed by atoms with van der Waals surface area (Å²) in [5, 5.41) is 6.00. The number of nitrogens with one attached hydrogen (secondary N) is 2. The highest BCUT2D eigenvalue weighted by Crippen LogP contribution is 2.15. The van der Waals surface area contributed by atoms with Gasteiger partial charge in [0, 0.05) is 23.1 Å². The lowest BCUT2D eigenvalue weighted by Gasteiger charge is -2.14. The zero-order chi connectivity index (χ0) is 13.0. The molecule has 1 aromatic rings. The van der Waals surface area contributed by atoms with E-state index in [0.29, 0.717) is 16.6 Å².